The Hall–Kier alpha value is -1.42. The van der Waals surface area contributed by atoms with E-state index in [0.29, 0.717) is 0 Å². The van der Waals surface area contributed by atoms with E-state index in [1.807, 2.05) is 5.32 Å². The fraction of sp³-hybridized carbons (Fsp3) is 0.154. The van der Waals surface area contributed by atoms with E-state index in [1.165, 1.54) is 0 Å². The molecule has 136 valence electrons. The number of amides is 3. The minimum absolute atomic E-state index is 0.0382. The molecule has 3 amide bonds. The van der Waals surface area contributed by atoms with Gasteiger partial charge < -0.3 is 10.1 Å². The summed E-state index contributed by atoms with van der Waals surface area (Å²) in [7, 11) is 1.02. The number of imide groups is 1. The number of methoxy groups -OCH3 is 1. The zero-order valence-corrected chi connectivity index (χ0v) is 16.0. The van der Waals surface area contributed by atoms with Gasteiger partial charge in [-0.2, -0.15) is 0 Å². The summed E-state index contributed by atoms with van der Waals surface area (Å²) in [5.41, 5.74) is -1.11. The molecule has 0 fully saturated rings. The highest BCUT2D eigenvalue weighted by Gasteiger charge is 2.32. The Morgan fingerprint density at radius 1 is 1.32 bits per heavy atom. The number of ether oxygens (including phenoxy) is 1. The van der Waals surface area contributed by atoms with Gasteiger partial charge in [0.05, 0.1) is 29.2 Å². The number of carbonyl (C=O) groups excluding carboxylic acids is 3. The molecule has 0 heterocycles. The number of anilines is 1. The highest BCUT2D eigenvalue weighted by molar-refractivity contribution is 9.10. The third-order valence-electron chi connectivity index (χ3n) is 2.61. The molecule has 0 unspecified atom stereocenters. The van der Waals surface area contributed by atoms with Crippen molar-refractivity contribution in [1.29, 1.82) is 0 Å². The zero-order chi connectivity index (χ0) is 19.4. The normalized spacial score (nSPS) is 11.3. The van der Waals surface area contributed by atoms with Crippen LogP contribution in [0.2, 0.25) is 0 Å². The monoisotopic (exact) mass is 478 g/mol. The van der Waals surface area contributed by atoms with E-state index in [4.69, 9.17) is 34.8 Å². The molecule has 1 aromatic carbocycles. The van der Waals surface area contributed by atoms with E-state index in [9.17, 15) is 23.2 Å². The van der Waals surface area contributed by atoms with Crippen LogP contribution in [0.15, 0.2) is 16.9 Å². The van der Waals surface area contributed by atoms with Gasteiger partial charge in [0.25, 0.3) is 9.70 Å². The van der Waals surface area contributed by atoms with Gasteiger partial charge in [-0.25, -0.2) is 18.4 Å². The second kappa shape index (κ2) is 8.79. The molecule has 0 aliphatic heterocycles. The molecule has 0 radical (unpaired) electrons. The lowest BCUT2D eigenvalue weighted by atomic mass is 10.1. The number of hydrogen-bond acceptors (Lipinski definition) is 4. The predicted octanol–water partition coefficient (Wildman–Crippen LogP) is 4.33. The van der Waals surface area contributed by atoms with Gasteiger partial charge >= 0.3 is 12.0 Å². The van der Waals surface area contributed by atoms with Crippen molar-refractivity contribution in [3.63, 3.8) is 0 Å². The van der Waals surface area contributed by atoms with Crippen LogP contribution >= 0.6 is 50.7 Å². The summed E-state index contributed by atoms with van der Waals surface area (Å²) < 4.78 is 28.6. The third kappa shape index (κ3) is 5.53. The van der Waals surface area contributed by atoms with Crippen molar-refractivity contribution in [2.75, 3.05) is 12.4 Å². The number of halogens is 6. The van der Waals surface area contributed by atoms with Crippen molar-refractivity contribution in [3.8, 4) is 0 Å². The van der Waals surface area contributed by atoms with Crippen LogP contribution in [-0.2, 0) is 9.53 Å². The fourth-order valence-electron chi connectivity index (χ4n) is 1.55. The van der Waals surface area contributed by atoms with Crippen LogP contribution in [0.5, 0.6) is 0 Å². The smallest absolute Gasteiger partial charge is 0.340 e. The van der Waals surface area contributed by atoms with Crippen LogP contribution in [0.1, 0.15) is 15.9 Å². The van der Waals surface area contributed by atoms with Crippen LogP contribution in [0, 0.1) is 5.82 Å². The molecule has 12 heteroatoms. The summed E-state index contributed by atoms with van der Waals surface area (Å²) in [5, 5.41) is 3.58. The third-order valence-corrected chi connectivity index (χ3v) is 3.93. The molecule has 6 nitrogen and oxygen atoms in total. The number of nitrogens with one attached hydrogen (secondary N) is 2. The standard InChI is InChI=1S/C13H8BrCl3F2N2O4/c1-25-10(22)6-4-5(2-3-18)7(14)8(19)9(6)20-12(24)21-11(23)13(15,16)17/h2-4H,1H3,(H2,20,21,23,24)/b3-2-. The Morgan fingerprint density at radius 2 is 1.92 bits per heavy atom. The van der Waals surface area contributed by atoms with Crippen molar-refractivity contribution < 1.29 is 27.9 Å². The number of urea groups is 1. The summed E-state index contributed by atoms with van der Waals surface area (Å²) in [6.45, 7) is 0. The molecule has 25 heavy (non-hydrogen) atoms. The molecular formula is C13H8BrCl3F2N2O4. The Bertz CT molecular complexity index is 754. The summed E-state index contributed by atoms with van der Waals surface area (Å²) in [6.07, 6.45) is 0.996. The van der Waals surface area contributed by atoms with Crippen molar-refractivity contribution in [2.24, 2.45) is 0 Å². The largest absolute Gasteiger partial charge is 0.465 e. The van der Waals surface area contributed by atoms with Crippen LogP contribution < -0.4 is 10.6 Å². The second-order valence-corrected chi connectivity index (χ2v) is 7.28. The second-order valence-electron chi connectivity index (χ2n) is 4.21. The Morgan fingerprint density at radius 3 is 2.40 bits per heavy atom. The number of alkyl halides is 3. The molecular weight excluding hydrogens is 472 g/mol. The van der Waals surface area contributed by atoms with E-state index in [-0.39, 0.29) is 16.4 Å². The minimum atomic E-state index is -2.43. The average Bonchev–Trinajstić information content (AvgIpc) is 2.52. The predicted molar refractivity (Wildman–Crippen MR) is 93.0 cm³/mol. The molecule has 0 aliphatic carbocycles. The number of carbonyl (C=O) groups is 3. The van der Waals surface area contributed by atoms with Crippen molar-refractivity contribution in [3.05, 3.63) is 33.8 Å². The lowest BCUT2D eigenvalue weighted by Crippen LogP contribution is -2.41. The lowest BCUT2D eigenvalue weighted by Gasteiger charge is -2.15. The van der Waals surface area contributed by atoms with Gasteiger partial charge in [-0.05, 0) is 33.6 Å². The fourth-order valence-corrected chi connectivity index (χ4v) is 2.13. The molecule has 0 aromatic heterocycles. The van der Waals surface area contributed by atoms with Gasteiger partial charge in [-0.1, -0.05) is 34.8 Å². The van der Waals surface area contributed by atoms with Gasteiger partial charge in [0, 0.05) is 0 Å². The van der Waals surface area contributed by atoms with Gasteiger partial charge in [-0.3, -0.25) is 10.1 Å². The SMILES string of the molecule is COC(=O)c1cc(/C=C\F)c(Br)c(F)c1NC(=O)NC(=O)C(Cl)(Cl)Cl. The molecule has 1 aromatic rings. The molecule has 0 atom stereocenters. The first kappa shape index (κ1) is 21.6. The van der Waals surface area contributed by atoms with Crippen LogP contribution in [0.25, 0.3) is 6.08 Å². The van der Waals surface area contributed by atoms with Crippen LogP contribution in [0.4, 0.5) is 19.3 Å². The summed E-state index contributed by atoms with van der Waals surface area (Å²) >= 11 is 18.7. The van der Waals surface area contributed by atoms with Gasteiger partial charge in [-0.15, -0.1) is 0 Å². The first-order valence-corrected chi connectivity index (χ1v) is 8.01. The Balaban J connectivity index is 3.29. The Kier molecular flexibility index (Phi) is 7.61. The highest BCUT2D eigenvalue weighted by Crippen LogP contribution is 2.32. The average molecular weight is 480 g/mol. The maximum atomic E-state index is 14.5. The maximum absolute atomic E-state index is 14.5. The number of esters is 1. The molecule has 0 saturated carbocycles. The van der Waals surface area contributed by atoms with E-state index >= 15 is 0 Å². The molecule has 1 rings (SSSR count). The summed E-state index contributed by atoms with van der Waals surface area (Å²) in [4.78, 5) is 35.0. The summed E-state index contributed by atoms with van der Waals surface area (Å²) in [5.74, 6) is -3.44. The molecule has 2 N–H and O–H groups in total. The first-order chi connectivity index (χ1) is 11.5. The number of benzene rings is 1. The molecule has 0 aliphatic rings. The first-order valence-electron chi connectivity index (χ1n) is 6.09. The molecule has 0 saturated heterocycles. The van der Waals surface area contributed by atoms with Gasteiger partial charge in [0.2, 0.25) is 0 Å². The Labute approximate surface area is 163 Å². The molecule has 0 spiro atoms. The molecule has 0 bridgehead atoms. The zero-order valence-electron chi connectivity index (χ0n) is 12.1. The van der Waals surface area contributed by atoms with E-state index in [1.54, 1.807) is 5.32 Å². The lowest BCUT2D eigenvalue weighted by molar-refractivity contribution is -0.119. The van der Waals surface area contributed by atoms with Crippen molar-refractivity contribution >= 4 is 80.4 Å². The van der Waals surface area contributed by atoms with Crippen molar-refractivity contribution in [2.45, 2.75) is 3.79 Å². The van der Waals surface area contributed by atoms with Crippen molar-refractivity contribution in [1.82, 2.24) is 5.32 Å². The highest BCUT2D eigenvalue weighted by atomic mass is 79.9. The summed E-state index contributed by atoms with van der Waals surface area (Å²) in [6, 6.07) is -0.220. The van der Waals surface area contributed by atoms with Gasteiger partial charge in [0.1, 0.15) is 0 Å². The topological polar surface area (TPSA) is 84.5 Å². The minimum Gasteiger partial charge on any atom is -0.465 e. The van der Waals surface area contributed by atoms with E-state index in [2.05, 4.69) is 20.7 Å². The van der Waals surface area contributed by atoms with Crippen LogP contribution in [0.3, 0.4) is 0 Å². The van der Waals surface area contributed by atoms with Crippen LogP contribution in [-0.4, -0.2) is 28.8 Å². The number of hydrogen-bond donors (Lipinski definition) is 2. The van der Waals surface area contributed by atoms with Gasteiger partial charge in [0.15, 0.2) is 5.82 Å². The quantitative estimate of drug-likeness (QED) is 0.498. The van der Waals surface area contributed by atoms with E-state index < -0.39 is 38.8 Å². The van der Waals surface area contributed by atoms with E-state index in [0.717, 1.165) is 19.3 Å². The number of rotatable bonds is 3. The maximum Gasteiger partial charge on any atom is 0.340 e.